The molecule has 1 saturated carbocycles. The van der Waals surface area contributed by atoms with Gasteiger partial charge in [-0.1, -0.05) is 26.0 Å². The van der Waals surface area contributed by atoms with E-state index in [0.29, 0.717) is 12.2 Å². The first-order valence-electron chi connectivity index (χ1n) is 5.36. The minimum atomic E-state index is -0.224. The van der Waals surface area contributed by atoms with Gasteiger partial charge >= 0.3 is 0 Å². The Morgan fingerprint density at radius 2 is 2.00 bits per heavy atom. The molecule has 0 amide bonds. The van der Waals surface area contributed by atoms with E-state index in [9.17, 15) is 9.18 Å². The van der Waals surface area contributed by atoms with Gasteiger partial charge in [0.05, 0.1) is 0 Å². The maximum absolute atomic E-state index is 12.8. The first kappa shape index (κ1) is 10.3. The second-order valence-electron chi connectivity index (χ2n) is 4.50. The lowest BCUT2D eigenvalue weighted by Crippen LogP contribution is -2.45. The third kappa shape index (κ3) is 1.48. The number of carbonyl (C=O) groups excluding carboxylic acids is 1. The first-order valence-corrected chi connectivity index (χ1v) is 5.36. The van der Waals surface area contributed by atoms with Crippen molar-refractivity contribution in [2.45, 2.75) is 32.6 Å². The molecule has 0 aliphatic heterocycles. The van der Waals surface area contributed by atoms with Gasteiger partial charge in [-0.25, -0.2) is 4.39 Å². The largest absolute Gasteiger partial charge is 0.299 e. The molecule has 1 aliphatic rings. The van der Waals surface area contributed by atoms with E-state index in [1.807, 2.05) is 13.8 Å². The SMILES string of the molecule is CCC1(C)C(=O)CC1c1ccc(F)cc1. The normalized spacial score (nSPS) is 30.1. The number of Topliss-reactive ketones (excluding diaryl/α,β-unsaturated/α-hetero) is 1. The smallest absolute Gasteiger partial charge is 0.140 e. The highest BCUT2D eigenvalue weighted by Crippen LogP contribution is 2.51. The van der Waals surface area contributed by atoms with Crippen LogP contribution < -0.4 is 0 Å². The fourth-order valence-electron chi connectivity index (χ4n) is 2.33. The summed E-state index contributed by atoms with van der Waals surface area (Å²) < 4.78 is 12.8. The Kier molecular flexibility index (Phi) is 2.37. The van der Waals surface area contributed by atoms with E-state index >= 15 is 0 Å². The molecule has 1 aromatic carbocycles. The van der Waals surface area contributed by atoms with Crippen LogP contribution >= 0.6 is 0 Å². The maximum atomic E-state index is 12.8. The van der Waals surface area contributed by atoms with Crippen molar-refractivity contribution >= 4 is 5.78 Å². The van der Waals surface area contributed by atoms with Crippen LogP contribution in [0.5, 0.6) is 0 Å². The standard InChI is InChI=1S/C13H15FO/c1-3-13(2)11(8-12(13)15)9-4-6-10(14)7-5-9/h4-7,11H,3,8H2,1-2H3. The molecular weight excluding hydrogens is 191 g/mol. The molecule has 1 fully saturated rings. The summed E-state index contributed by atoms with van der Waals surface area (Å²) in [6.45, 7) is 4.04. The number of benzene rings is 1. The lowest BCUT2D eigenvalue weighted by Gasteiger charge is -2.45. The summed E-state index contributed by atoms with van der Waals surface area (Å²) in [5, 5.41) is 0. The number of hydrogen-bond acceptors (Lipinski definition) is 1. The molecule has 0 heterocycles. The van der Waals surface area contributed by atoms with E-state index in [0.717, 1.165) is 12.0 Å². The quantitative estimate of drug-likeness (QED) is 0.725. The zero-order valence-electron chi connectivity index (χ0n) is 9.09. The lowest BCUT2D eigenvalue weighted by atomic mass is 9.56. The van der Waals surface area contributed by atoms with E-state index in [2.05, 4.69) is 0 Å². The van der Waals surface area contributed by atoms with Gasteiger partial charge in [0.25, 0.3) is 0 Å². The average molecular weight is 206 g/mol. The van der Waals surface area contributed by atoms with E-state index in [4.69, 9.17) is 0 Å². The minimum Gasteiger partial charge on any atom is -0.299 e. The van der Waals surface area contributed by atoms with Crippen LogP contribution in [0.1, 0.15) is 38.2 Å². The highest BCUT2D eigenvalue weighted by Gasteiger charge is 2.49. The van der Waals surface area contributed by atoms with Crippen LogP contribution in [0.25, 0.3) is 0 Å². The molecule has 2 heteroatoms. The summed E-state index contributed by atoms with van der Waals surface area (Å²) in [5.41, 5.74) is 0.859. The lowest BCUT2D eigenvalue weighted by molar-refractivity contribution is -0.139. The summed E-state index contributed by atoms with van der Waals surface area (Å²) in [4.78, 5) is 11.6. The van der Waals surface area contributed by atoms with Crippen LogP contribution in [0.2, 0.25) is 0 Å². The summed E-state index contributed by atoms with van der Waals surface area (Å²) in [7, 11) is 0. The molecule has 15 heavy (non-hydrogen) atoms. The topological polar surface area (TPSA) is 17.1 Å². The molecule has 1 nitrogen and oxygen atoms in total. The maximum Gasteiger partial charge on any atom is 0.140 e. The van der Waals surface area contributed by atoms with Gasteiger partial charge in [-0.05, 0) is 24.1 Å². The molecule has 0 N–H and O–H groups in total. The van der Waals surface area contributed by atoms with Crippen molar-refractivity contribution in [2.75, 3.05) is 0 Å². The zero-order chi connectivity index (χ0) is 11.1. The van der Waals surface area contributed by atoms with Gasteiger partial charge in [-0.3, -0.25) is 4.79 Å². The van der Waals surface area contributed by atoms with E-state index in [-0.39, 0.29) is 17.2 Å². The molecule has 0 saturated heterocycles. The molecular formula is C13H15FO. The molecule has 0 aromatic heterocycles. The molecule has 80 valence electrons. The summed E-state index contributed by atoms with van der Waals surface area (Å²) in [6.07, 6.45) is 1.46. The minimum absolute atomic E-state index is 0.220. The van der Waals surface area contributed by atoms with Crippen LogP contribution in [0.15, 0.2) is 24.3 Å². The van der Waals surface area contributed by atoms with Gasteiger partial charge in [0.2, 0.25) is 0 Å². The second kappa shape index (κ2) is 3.44. The Labute approximate surface area is 89.3 Å². The monoisotopic (exact) mass is 206 g/mol. The molecule has 0 radical (unpaired) electrons. The predicted octanol–water partition coefficient (Wildman–Crippen LogP) is 3.30. The van der Waals surface area contributed by atoms with Gasteiger partial charge in [-0.15, -0.1) is 0 Å². The fraction of sp³-hybridized carbons (Fsp3) is 0.462. The van der Waals surface area contributed by atoms with Crippen molar-refractivity contribution < 1.29 is 9.18 Å². The van der Waals surface area contributed by atoms with Crippen molar-refractivity contribution in [3.8, 4) is 0 Å². The van der Waals surface area contributed by atoms with Crippen LogP contribution in [0.4, 0.5) is 4.39 Å². The molecule has 0 bridgehead atoms. The highest BCUT2D eigenvalue weighted by molar-refractivity contribution is 5.92. The summed E-state index contributed by atoms with van der Waals surface area (Å²) in [5.74, 6) is 0.387. The van der Waals surface area contributed by atoms with E-state index in [1.165, 1.54) is 12.1 Å². The van der Waals surface area contributed by atoms with Crippen molar-refractivity contribution in [1.82, 2.24) is 0 Å². The van der Waals surface area contributed by atoms with Crippen molar-refractivity contribution in [1.29, 1.82) is 0 Å². The van der Waals surface area contributed by atoms with Crippen molar-refractivity contribution in [3.05, 3.63) is 35.6 Å². The van der Waals surface area contributed by atoms with Gasteiger partial charge in [0.1, 0.15) is 11.6 Å². The summed E-state index contributed by atoms with van der Waals surface area (Å²) >= 11 is 0. The Balaban J connectivity index is 2.26. The molecule has 2 atom stereocenters. The molecule has 1 aliphatic carbocycles. The highest BCUT2D eigenvalue weighted by atomic mass is 19.1. The summed E-state index contributed by atoms with van der Waals surface area (Å²) in [6, 6.07) is 6.52. The fourth-order valence-corrected chi connectivity index (χ4v) is 2.33. The zero-order valence-corrected chi connectivity index (χ0v) is 9.09. The van der Waals surface area contributed by atoms with Gasteiger partial charge < -0.3 is 0 Å². The Hall–Kier alpha value is -1.18. The number of hydrogen-bond donors (Lipinski definition) is 0. The Morgan fingerprint density at radius 1 is 1.40 bits per heavy atom. The van der Waals surface area contributed by atoms with Gasteiger partial charge in [0.15, 0.2) is 0 Å². The van der Waals surface area contributed by atoms with Crippen LogP contribution in [0.3, 0.4) is 0 Å². The van der Waals surface area contributed by atoms with E-state index < -0.39 is 0 Å². The number of carbonyl (C=O) groups is 1. The average Bonchev–Trinajstić information content (AvgIpc) is 2.26. The number of rotatable bonds is 2. The van der Waals surface area contributed by atoms with Crippen LogP contribution in [-0.2, 0) is 4.79 Å². The molecule has 1 aromatic rings. The molecule has 0 spiro atoms. The van der Waals surface area contributed by atoms with Crippen LogP contribution in [-0.4, -0.2) is 5.78 Å². The molecule has 2 rings (SSSR count). The third-order valence-electron chi connectivity index (χ3n) is 3.80. The number of halogens is 1. The van der Waals surface area contributed by atoms with Gasteiger partial charge in [0, 0.05) is 17.8 Å². The van der Waals surface area contributed by atoms with Crippen molar-refractivity contribution in [3.63, 3.8) is 0 Å². The van der Waals surface area contributed by atoms with Gasteiger partial charge in [-0.2, -0.15) is 0 Å². The van der Waals surface area contributed by atoms with Crippen molar-refractivity contribution in [2.24, 2.45) is 5.41 Å². The first-order chi connectivity index (χ1) is 7.08. The third-order valence-corrected chi connectivity index (χ3v) is 3.80. The second-order valence-corrected chi connectivity index (χ2v) is 4.50. The predicted molar refractivity (Wildman–Crippen MR) is 57.2 cm³/mol. The van der Waals surface area contributed by atoms with E-state index in [1.54, 1.807) is 12.1 Å². The number of ketones is 1. The Morgan fingerprint density at radius 3 is 2.47 bits per heavy atom. The van der Waals surface area contributed by atoms with Crippen LogP contribution in [0, 0.1) is 11.2 Å². The Bertz CT molecular complexity index is 382. The molecule has 2 unspecified atom stereocenters.